The van der Waals surface area contributed by atoms with Gasteiger partial charge in [-0.25, -0.2) is 0 Å². The fraction of sp³-hybridized carbons (Fsp3) is 0. The van der Waals surface area contributed by atoms with Gasteiger partial charge in [0.2, 0.25) is 0 Å². The van der Waals surface area contributed by atoms with Gasteiger partial charge in [0.15, 0.2) is 0 Å². The quantitative estimate of drug-likeness (QED) is 0.171. The Bertz CT molecular complexity index is 3320. The third-order valence-corrected chi connectivity index (χ3v) is 11.7. The lowest BCUT2D eigenvalue weighted by molar-refractivity contribution is 0.478. The first-order valence-electron chi connectivity index (χ1n) is 18.2. The smallest absolute Gasteiger partial charge is 0.434 e. The van der Waals surface area contributed by atoms with Crippen molar-refractivity contribution in [3.05, 3.63) is 164 Å². The van der Waals surface area contributed by atoms with E-state index in [4.69, 9.17) is 9.39 Å². The number of hydrogen-bond donors (Lipinski definition) is 0. The predicted molar refractivity (Wildman–Crippen MR) is 218 cm³/mol. The summed E-state index contributed by atoms with van der Waals surface area (Å²) in [6.07, 6.45) is 0. The lowest BCUT2D eigenvalue weighted by Crippen LogP contribution is -2.53. The molecule has 0 spiro atoms. The molecule has 0 atom stereocenters. The van der Waals surface area contributed by atoms with Crippen LogP contribution in [0.15, 0.2) is 164 Å². The summed E-state index contributed by atoms with van der Waals surface area (Å²) in [7, 11) is 0. The van der Waals surface area contributed by atoms with E-state index in [1.54, 1.807) is 0 Å². The molecule has 0 saturated heterocycles. The van der Waals surface area contributed by atoms with Crippen molar-refractivity contribution in [2.24, 2.45) is 0 Å². The van der Waals surface area contributed by atoms with E-state index < -0.39 is 0 Å². The molecule has 11 aromatic rings. The average Bonchev–Trinajstić information content (AvgIpc) is 3.86. The van der Waals surface area contributed by atoms with Gasteiger partial charge in [0, 0.05) is 48.8 Å². The van der Waals surface area contributed by atoms with E-state index in [2.05, 4.69) is 173 Å². The van der Waals surface area contributed by atoms with Crippen molar-refractivity contribution >= 4 is 77.7 Å². The van der Waals surface area contributed by atoms with E-state index in [-0.39, 0.29) is 6.92 Å². The zero-order valence-electron chi connectivity index (χ0n) is 28.4. The van der Waals surface area contributed by atoms with E-state index >= 15 is 0 Å². The third-order valence-electron chi connectivity index (χ3n) is 11.7. The van der Waals surface area contributed by atoms with Crippen LogP contribution in [0.5, 0.6) is 17.2 Å². The van der Waals surface area contributed by atoms with Crippen molar-refractivity contribution in [3.63, 3.8) is 0 Å². The highest BCUT2D eigenvalue weighted by atomic mass is 16.5. The van der Waals surface area contributed by atoms with Crippen molar-refractivity contribution in [1.29, 1.82) is 0 Å². The molecule has 3 aromatic heterocycles. The van der Waals surface area contributed by atoms with Crippen LogP contribution in [0.2, 0.25) is 0 Å². The second kappa shape index (κ2) is 9.87. The average molecular weight is 675 g/mol. The number of ether oxygens (including phenoxy) is 1. The first-order chi connectivity index (χ1) is 26.3. The number of nitrogens with zero attached hydrogens (tertiary/aromatic N) is 2. The summed E-state index contributed by atoms with van der Waals surface area (Å²) in [4.78, 5) is 0. The molecule has 0 unspecified atom stereocenters. The van der Waals surface area contributed by atoms with Gasteiger partial charge in [-0.05, 0) is 71.3 Å². The van der Waals surface area contributed by atoms with Gasteiger partial charge < -0.3 is 18.4 Å². The molecule has 0 N–H and O–H groups in total. The maximum absolute atomic E-state index is 7.18. The Labute approximate surface area is 304 Å². The lowest BCUT2D eigenvalue weighted by Gasteiger charge is -2.34. The summed E-state index contributed by atoms with van der Waals surface area (Å²) in [6.45, 7) is -0.308. The Morgan fingerprint density at radius 1 is 0.434 bits per heavy atom. The Balaban J connectivity index is 1.05. The fourth-order valence-electron chi connectivity index (χ4n) is 9.51. The zero-order chi connectivity index (χ0) is 34.4. The summed E-state index contributed by atoms with van der Waals surface area (Å²) < 4.78 is 18.9. The number of para-hydroxylation sites is 6. The minimum Gasteiger partial charge on any atom is -0.551 e. The van der Waals surface area contributed by atoms with Gasteiger partial charge in [0.1, 0.15) is 17.2 Å². The third kappa shape index (κ3) is 3.51. The largest absolute Gasteiger partial charge is 0.551 e. The van der Waals surface area contributed by atoms with Crippen LogP contribution in [0.4, 0.5) is 0 Å². The molecule has 0 amide bonds. The molecule has 53 heavy (non-hydrogen) atoms. The monoisotopic (exact) mass is 674 g/mol. The van der Waals surface area contributed by atoms with Crippen LogP contribution in [0, 0.1) is 0 Å². The van der Waals surface area contributed by atoms with Crippen molar-refractivity contribution in [1.82, 2.24) is 8.97 Å². The molecule has 5 heteroatoms. The van der Waals surface area contributed by atoms with Gasteiger partial charge in [-0.2, -0.15) is 0 Å². The number of aromatic nitrogens is 2. The van der Waals surface area contributed by atoms with Crippen molar-refractivity contribution in [2.75, 3.05) is 0 Å². The Morgan fingerprint density at radius 3 is 1.89 bits per heavy atom. The van der Waals surface area contributed by atoms with Gasteiger partial charge in [0.05, 0.1) is 33.3 Å². The number of fused-ring (bicyclic) bond motifs is 13. The number of benzene rings is 8. The molecular formula is C48H27BN2O2. The molecule has 244 valence electrons. The van der Waals surface area contributed by atoms with E-state index in [9.17, 15) is 0 Å². The first kappa shape index (κ1) is 27.7. The van der Waals surface area contributed by atoms with Crippen LogP contribution < -0.4 is 20.3 Å². The van der Waals surface area contributed by atoms with Crippen LogP contribution in [-0.2, 0) is 0 Å². The summed E-state index contributed by atoms with van der Waals surface area (Å²) in [5, 5.41) is 7.55. The Hall–Kier alpha value is -6.98. The van der Waals surface area contributed by atoms with Crippen LogP contribution >= 0.6 is 0 Å². The Morgan fingerprint density at radius 2 is 1.08 bits per heavy atom. The summed E-state index contributed by atoms with van der Waals surface area (Å²) >= 11 is 0. The molecule has 8 aromatic carbocycles. The number of rotatable bonds is 2. The van der Waals surface area contributed by atoms with E-state index in [1.807, 2.05) is 0 Å². The maximum atomic E-state index is 7.18. The summed E-state index contributed by atoms with van der Waals surface area (Å²) in [6, 6.07) is 59.0. The molecule has 0 aliphatic carbocycles. The van der Waals surface area contributed by atoms with Gasteiger partial charge in [-0.3, -0.25) is 0 Å². The zero-order valence-corrected chi connectivity index (χ0v) is 28.4. The van der Waals surface area contributed by atoms with Crippen molar-refractivity contribution < 1.29 is 9.39 Å². The molecule has 0 bridgehead atoms. The minimum absolute atomic E-state index is 0.308. The molecule has 0 radical (unpaired) electrons. The standard InChI is InChI=1S/C48H27BN2O2/c1-5-18-39-30(11-1)31-12-2-6-19-40(31)50(39)43-21-10-17-38-48(43)52-45-27-29(26-37-33-14-4-8-22-44(33)53-49(38)46(37)45)28-23-24-42-36(25-28)35-16-9-15-34-32-13-3-7-20-41(32)51(42)47(34)35/h1-27H. The van der Waals surface area contributed by atoms with E-state index in [0.29, 0.717) is 0 Å². The summed E-state index contributed by atoms with van der Waals surface area (Å²) in [5.41, 5.74) is 13.6. The highest BCUT2D eigenvalue weighted by Gasteiger charge is 2.42. The van der Waals surface area contributed by atoms with Crippen LogP contribution in [0.25, 0.3) is 87.8 Å². The van der Waals surface area contributed by atoms with Crippen LogP contribution in [0.1, 0.15) is 0 Å². The highest BCUT2D eigenvalue weighted by molar-refractivity contribution is 6.84. The first-order valence-corrected chi connectivity index (χ1v) is 18.2. The molecule has 5 heterocycles. The molecule has 2 aliphatic rings. The van der Waals surface area contributed by atoms with Gasteiger partial charge in [0.25, 0.3) is 0 Å². The minimum atomic E-state index is -0.308. The van der Waals surface area contributed by atoms with Gasteiger partial charge in [-0.15, -0.1) is 0 Å². The van der Waals surface area contributed by atoms with Crippen molar-refractivity contribution in [2.45, 2.75) is 0 Å². The lowest BCUT2D eigenvalue weighted by atomic mass is 9.50. The van der Waals surface area contributed by atoms with Crippen molar-refractivity contribution in [3.8, 4) is 45.2 Å². The fourth-order valence-corrected chi connectivity index (χ4v) is 9.51. The second-order valence-electron chi connectivity index (χ2n) is 14.4. The van der Waals surface area contributed by atoms with Gasteiger partial charge in [-0.1, -0.05) is 109 Å². The number of hydrogen-bond acceptors (Lipinski definition) is 2. The van der Waals surface area contributed by atoms with Gasteiger partial charge >= 0.3 is 6.92 Å². The predicted octanol–water partition coefficient (Wildman–Crippen LogP) is 10.9. The normalized spacial score (nSPS) is 13.2. The Kier molecular flexibility index (Phi) is 5.16. The molecule has 0 saturated carbocycles. The van der Waals surface area contributed by atoms with E-state index in [0.717, 1.165) is 67.1 Å². The van der Waals surface area contributed by atoms with Crippen LogP contribution in [0.3, 0.4) is 0 Å². The molecule has 0 fully saturated rings. The van der Waals surface area contributed by atoms with Crippen LogP contribution in [-0.4, -0.2) is 15.9 Å². The highest BCUT2D eigenvalue weighted by Crippen LogP contribution is 2.45. The SMILES string of the molecule is c1ccc2c(c1)OB1c3cccc(-n4c5ccccc5c5ccccc54)c3Oc3cc(-c4ccc5c(c4)c4cccc6c7ccccc7n5c64)cc-2c31. The summed E-state index contributed by atoms with van der Waals surface area (Å²) in [5.74, 6) is 2.54. The molecule has 13 rings (SSSR count). The molecule has 4 nitrogen and oxygen atoms in total. The molecular weight excluding hydrogens is 647 g/mol. The van der Waals surface area contributed by atoms with E-state index in [1.165, 1.54) is 48.9 Å². The topological polar surface area (TPSA) is 27.8 Å². The maximum Gasteiger partial charge on any atom is 0.434 e. The second-order valence-corrected chi connectivity index (χ2v) is 14.4. The molecule has 2 aliphatic heterocycles.